The Hall–Kier alpha value is -2.43. The largest absolute Gasteiger partial charge is 0.435 e. The second kappa shape index (κ2) is 6.35. The van der Waals surface area contributed by atoms with Crippen LogP contribution in [0.2, 0.25) is 0 Å². The summed E-state index contributed by atoms with van der Waals surface area (Å²) in [5, 5.41) is 2.72. The van der Waals surface area contributed by atoms with Crippen molar-refractivity contribution in [3.8, 4) is 5.75 Å². The van der Waals surface area contributed by atoms with Crippen LogP contribution in [0, 0.1) is 13.8 Å². The highest BCUT2D eigenvalue weighted by atomic mass is 19.3. The predicted molar refractivity (Wildman–Crippen MR) is 76.9 cm³/mol. The molecule has 110 valence electrons. The minimum absolute atomic E-state index is 0.0438. The number of carbonyl (C=O) groups excluding carboxylic acids is 1. The topological polar surface area (TPSA) is 38.3 Å². The van der Waals surface area contributed by atoms with Gasteiger partial charge in [0, 0.05) is 11.3 Å². The highest BCUT2D eigenvalue weighted by Crippen LogP contribution is 2.18. The van der Waals surface area contributed by atoms with Crippen LogP contribution >= 0.6 is 0 Å². The fourth-order valence-corrected chi connectivity index (χ4v) is 1.84. The van der Waals surface area contributed by atoms with Crippen molar-refractivity contribution in [2.45, 2.75) is 20.5 Å². The zero-order valence-corrected chi connectivity index (χ0v) is 11.7. The number of rotatable bonds is 4. The van der Waals surface area contributed by atoms with Gasteiger partial charge in [0.25, 0.3) is 5.91 Å². The minimum atomic E-state index is -2.91. The summed E-state index contributed by atoms with van der Waals surface area (Å²) in [4.78, 5) is 12.1. The van der Waals surface area contributed by atoms with Gasteiger partial charge in [0.2, 0.25) is 0 Å². The third kappa shape index (κ3) is 4.02. The summed E-state index contributed by atoms with van der Waals surface area (Å²) in [6, 6.07) is 11.2. The number of benzene rings is 2. The number of hydrogen-bond donors (Lipinski definition) is 1. The molecule has 0 fully saturated rings. The van der Waals surface area contributed by atoms with E-state index in [1.165, 1.54) is 24.3 Å². The van der Waals surface area contributed by atoms with Crippen LogP contribution in [0.1, 0.15) is 21.5 Å². The number of hydrogen-bond acceptors (Lipinski definition) is 2. The molecule has 0 unspecified atom stereocenters. The first-order chi connectivity index (χ1) is 9.95. The molecular weight excluding hydrogens is 276 g/mol. The monoisotopic (exact) mass is 291 g/mol. The van der Waals surface area contributed by atoms with E-state index in [0.717, 1.165) is 11.1 Å². The molecule has 0 saturated heterocycles. The summed E-state index contributed by atoms with van der Waals surface area (Å²) in [5.74, 6) is -0.421. The summed E-state index contributed by atoms with van der Waals surface area (Å²) in [6.07, 6.45) is 0. The van der Waals surface area contributed by atoms with E-state index in [4.69, 9.17) is 0 Å². The van der Waals surface area contributed by atoms with Gasteiger partial charge < -0.3 is 10.1 Å². The SMILES string of the molecule is Cc1ccc(NC(=O)c2cccc(OC(F)F)c2)cc1C. The first-order valence-corrected chi connectivity index (χ1v) is 6.39. The third-order valence-electron chi connectivity index (χ3n) is 3.09. The van der Waals surface area contributed by atoms with Crippen LogP contribution < -0.4 is 10.1 Å². The minimum Gasteiger partial charge on any atom is -0.435 e. The van der Waals surface area contributed by atoms with E-state index >= 15 is 0 Å². The molecule has 0 aliphatic carbocycles. The average Bonchev–Trinajstić information content (AvgIpc) is 2.42. The molecule has 5 heteroatoms. The highest BCUT2D eigenvalue weighted by molar-refractivity contribution is 6.04. The Bertz CT molecular complexity index is 656. The number of nitrogens with one attached hydrogen (secondary N) is 1. The van der Waals surface area contributed by atoms with Gasteiger partial charge in [-0.15, -0.1) is 0 Å². The molecule has 1 N–H and O–H groups in total. The maximum Gasteiger partial charge on any atom is 0.387 e. The number of halogens is 2. The van der Waals surface area contributed by atoms with E-state index in [0.29, 0.717) is 5.69 Å². The molecule has 0 aliphatic rings. The average molecular weight is 291 g/mol. The lowest BCUT2D eigenvalue weighted by atomic mass is 10.1. The van der Waals surface area contributed by atoms with Crippen molar-refractivity contribution in [1.82, 2.24) is 0 Å². The van der Waals surface area contributed by atoms with Crippen molar-refractivity contribution in [3.05, 3.63) is 59.2 Å². The smallest absolute Gasteiger partial charge is 0.387 e. The Labute approximate surface area is 121 Å². The molecule has 0 heterocycles. The van der Waals surface area contributed by atoms with Crippen LogP contribution in [0.25, 0.3) is 0 Å². The first-order valence-electron chi connectivity index (χ1n) is 6.39. The van der Waals surface area contributed by atoms with E-state index in [1.807, 2.05) is 26.0 Å². The zero-order chi connectivity index (χ0) is 15.4. The van der Waals surface area contributed by atoms with Gasteiger partial charge in [-0.1, -0.05) is 12.1 Å². The Morgan fingerprint density at radius 1 is 1.10 bits per heavy atom. The summed E-state index contributed by atoms with van der Waals surface area (Å²) in [7, 11) is 0. The maximum absolute atomic E-state index is 12.2. The molecule has 3 nitrogen and oxygen atoms in total. The second-order valence-electron chi connectivity index (χ2n) is 4.66. The highest BCUT2D eigenvalue weighted by Gasteiger charge is 2.10. The number of amides is 1. The molecule has 0 spiro atoms. The molecule has 21 heavy (non-hydrogen) atoms. The molecule has 0 atom stereocenters. The van der Waals surface area contributed by atoms with Crippen LogP contribution in [0.3, 0.4) is 0 Å². The van der Waals surface area contributed by atoms with Gasteiger partial charge >= 0.3 is 6.61 Å². The lowest BCUT2D eigenvalue weighted by Gasteiger charge is -2.09. The van der Waals surface area contributed by atoms with Gasteiger partial charge in [-0.05, 0) is 55.3 Å². The van der Waals surface area contributed by atoms with Crippen molar-refractivity contribution in [2.75, 3.05) is 5.32 Å². The maximum atomic E-state index is 12.2. The van der Waals surface area contributed by atoms with E-state index in [9.17, 15) is 13.6 Å². The number of ether oxygens (including phenoxy) is 1. The van der Waals surface area contributed by atoms with Crippen LogP contribution in [0.15, 0.2) is 42.5 Å². The predicted octanol–water partition coefficient (Wildman–Crippen LogP) is 4.16. The fourth-order valence-electron chi connectivity index (χ4n) is 1.84. The molecule has 2 aromatic carbocycles. The molecule has 2 rings (SSSR count). The van der Waals surface area contributed by atoms with Crippen LogP contribution in [-0.4, -0.2) is 12.5 Å². The van der Waals surface area contributed by atoms with Gasteiger partial charge in [-0.25, -0.2) is 0 Å². The van der Waals surface area contributed by atoms with Crippen LogP contribution in [0.5, 0.6) is 5.75 Å². The van der Waals surface area contributed by atoms with Gasteiger partial charge in [-0.2, -0.15) is 8.78 Å². The molecule has 1 amide bonds. The van der Waals surface area contributed by atoms with E-state index in [1.54, 1.807) is 6.07 Å². The molecule has 2 aromatic rings. The van der Waals surface area contributed by atoms with Crippen molar-refractivity contribution in [2.24, 2.45) is 0 Å². The summed E-state index contributed by atoms with van der Waals surface area (Å²) >= 11 is 0. The van der Waals surface area contributed by atoms with Crippen molar-refractivity contribution >= 4 is 11.6 Å². The van der Waals surface area contributed by atoms with Gasteiger partial charge in [0.05, 0.1) is 0 Å². The van der Waals surface area contributed by atoms with E-state index in [-0.39, 0.29) is 17.2 Å². The second-order valence-corrected chi connectivity index (χ2v) is 4.66. The molecule has 0 aromatic heterocycles. The van der Waals surface area contributed by atoms with Crippen LogP contribution in [0.4, 0.5) is 14.5 Å². The van der Waals surface area contributed by atoms with Gasteiger partial charge in [-0.3, -0.25) is 4.79 Å². The molecule has 0 radical (unpaired) electrons. The summed E-state index contributed by atoms with van der Waals surface area (Å²) < 4.78 is 28.6. The first kappa shape index (κ1) is 15.0. The quantitative estimate of drug-likeness (QED) is 0.918. The third-order valence-corrected chi connectivity index (χ3v) is 3.09. The fraction of sp³-hybridized carbons (Fsp3) is 0.188. The van der Waals surface area contributed by atoms with E-state index < -0.39 is 6.61 Å². The lowest BCUT2D eigenvalue weighted by Crippen LogP contribution is -2.12. The van der Waals surface area contributed by atoms with Gasteiger partial charge in [0.1, 0.15) is 5.75 Å². The molecule has 0 bridgehead atoms. The van der Waals surface area contributed by atoms with Crippen molar-refractivity contribution < 1.29 is 18.3 Å². The van der Waals surface area contributed by atoms with Crippen LogP contribution in [-0.2, 0) is 0 Å². The standard InChI is InChI=1S/C16H15F2NO2/c1-10-6-7-13(8-11(10)2)19-15(20)12-4-3-5-14(9-12)21-16(17)18/h3-9,16H,1-2H3,(H,19,20). The number of carbonyl (C=O) groups is 1. The molecule has 0 aliphatic heterocycles. The lowest BCUT2D eigenvalue weighted by molar-refractivity contribution is -0.0498. The Morgan fingerprint density at radius 2 is 1.86 bits per heavy atom. The molecule has 0 saturated carbocycles. The normalized spacial score (nSPS) is 10.5. The van der Waals surface area contributed by atoms with Gasteiger partial charge in [0.15, 0.2) is 0 Å². The summed E-state index contributed by atoms with van der Waals surface area (Å²) in [5.41, 5.74) is 3.09. The van der Waals surface area contributed by atoms with Crippen molar-refractivity contribution in [1.29, 1.82) is 0 Å². The zero-order valence-electron chi connectivity index (χ0n) is 11.7. The Kier molecular flexibility index (Phi) is 4.52. The number of alkyl halides is 2. The number of aryl methyl sites for hydroxylation is 2. The van der Waals surface area contributed by atoms with Crippen molar-refractivity contribution in [3.63, 3.8) is 0 Å². The Balaban J connectivity index is 2.14. The molecular formula is C16H15F2NO2. The summed E-state index contributed by atoms with van der Waals surface area (Å²) in [6.45, 7) is 1.01. The number of anilines is 1. The van der Waals surface area contributed by atoms with E-state index in [2.05, 4.69) is 10.1 Å². The Morgan fingerprint density at radius 3 is 2.52 bits per heavy atom.